The van der Waals surface area contributed by atoms with Crippen molar-refractivity contribution in [3.05, 3.63) is 22.2 Å². The smallest absolute Gasteiger partial charge is 0.162 e. The van der Waals surface area contributed by atoms with Crippen LogP contribution in [0.2, 0.25) is 0 Å². The molecule has 5 heteroatoms. The van der Waals surface area contributed by atoms with Gasteiger partial charge >= 0.3 is 0 Å². The van der Waals surface area contributed by atoms with Crippen molar-refractivity contribution in [3.63, 3.8) is 0 Å². The van der Waals surface area contributed by atoms with E-state index in [2.05, 4.69) is 25.7 Å². The summed E-state index contributed by atoms with van der Waals surface area (Å²) in [6, 6.07) is 3.68. The van der Waals surface area contributed by atoms with Crippen molar-refractivity contribution in [3.8, 4) is 11.5 Å². The summed E-state index contributed by atoms with van der Waals surface area (Å²) in [4.78, 5) is 4.30. The lowest BCUT2D eigenvalue weighted by Crippen LogP contribution is -2.28. The maximum atomic E-state index is 10.1. The van der Waals surface area contributed by atoms with E-state index in [1.807, 2.05) is 27.2 Å². The molecule has 1 N–H and O–H groups in total. The highest BCUT2D eigenvalue weighted by molar-refractivity contribution is 9.10. The van der Waals surface area contributed by atoms with E-state index in [9.17, 15) is 5.11 Å². The third kappa shape index (κ3) is 4.48. The first-order valence-electron chi connectivity index (χ1n) is 5.82. The molecular formula is C13H21BrN2O2. The first-order chi connectivity index (χ1) is 8.43. The largest absolute Gasteiger partial charge is 0.504 e. The summed E-state index contributed by atoms with van der Waals surface area (Å²) in [5.74, 6) is 0.720. The number of aromatic hydroxyl groups is 1. The molecule has 4 nitrogen and oxygen atoms in total. The van der Waals surface area contributed by atoms with Crippen molar-refractivity contribution in [1.29, 1.82) is 0 Å². The van der Waals surface area contributed by atoms with Gasteiger partial charge in [0, 0.05) is 29.7 Å². The standard InChI is InChI=1S/C13H21BrN2O2/c1-15(2)5-6-16(3)9-10-7-11(14)8-12(18-4)13(10)17/h7-8,17H,5-6,9H2,1-4H3. The number of hydrogen-bond donors (Lipinski definition) is 1. The molecule has 0 aromatic heterocycles. The summed E-state index contributed by atoms with van der Waals surface area (Å²) >= 11 is 3.42. The molecule has 0 radical (unpaired) electrons. The van der Waals surface area contributed by atoms with Crippen LogP contribution in [0.5, 0.6) is 11.5 Å². The first kappa shape index (κ1) is 15.3. The van der Waals surface area contributed by atoms with Crippen LogP contribution in [0.15, 0.2) is 16.6 Å². The minimum Gasteiger partial charge on any atom is -0.504 e. The summed E-state index contributed by atoms with van der Waals surface area (Å²) in [5.41, 5.74) is 0.863. The van der Waals surface area contributed by atoms with Gasteiger partial charge in [-0.15, -0.1) is 0 Å². The van der Waals surface area contributed by atoms with Crippen LogP contribution in [0.4, 0.5) is 0 Å². The fraction of sp³-hybridized carbons (Fsp3) is 0.538. The summed E-state index contributed by atoms with van der Waals surface area (Å²) in [6.07, 6.45) is 0. The average molecular weight is 317 g/mol. The predicted octanol–water partition coefficient (Wildman–Crippen LogP) is 2.16. The second-order valence-corrected chi connectivity index (χ2v) is 5.57. The molecule has 0 fully saturated rings. The van der Waals surface area contributed by atoms with Crippen LogP contribution in [0.3, 0.4) is 0 Å². The molecule has 0 atom stereocenters. The highest BCUT2D eigenvalue weighted by Gasteiger charge is 2.11. The van der Waals surface area contributed by atoms with Gasteiger partial charge in [0.05, 0.1) is 7.11 Å². The summed E-state index contributed by atoms with van der Waals surface area (Å²) in [5, 5.41) is 10.1. The van der Waals surface area contributed by atoms with Crippen LogP contribution < -0.4 is 4.74 Å². The summed E-state index contributed by atoms with van der Waals surface area (Å²) in [7, 11) is 7.69. The van der Waals surface area contributed by atoms with Gasteiger partial charge in [0.25, 0.3) is 0 Å². The number of benzene rings is 1. The summed E-state index contributed by atoms with van der Waals surface area (Å²) in [6.45, 7) is 2.62. The van der Waals surface area contributed by atoms with Gasteiger partial charge in [-0.1, -0.05) is 15.9 Å². The normalized spacial score (nSPS) is 11.3. The Morgan fingerprint density at radius 2 is 1.89 bits per heavy atom. The Morgan fingerprint density at radius 3 is 2.44 bits per heavy atom. The van der Waals surface area contributed by atoms with E-state index < -0.39 is 0 Å². The van der Waals surface area contributed by atoms with Crippen LogP contribution >= 0.6 is 15.9 Å². The molecule has 0 aliphatic heterocycles. The third-order valence-corrected chi connectivity index (χ3v) is 3.17. The Balaban J connectivity index is 2.74. The SMILES string of the molecule is COc1cc(Br)cc(CN(C)CCN(C)C)c1O. The Morgan fingerprint density at radius 1 is 1.22 bits per heavy atom. The molecule has 102 valence electrons. The molecule has 1 rings (SSSR count). The van der Waals surface area contributed by atoms with Crippen LogP contribution in [-0.2, 0) is 6.54 Å². The number of ether oxygens (including phenoxy) is 1. The van der Waals surface area contributed by atoms with Crippen LogP contribution in [0.1, 0.15) is 5.56 Å². The molecular weight excluding hydrogens is 296 g/mol. The van der Waals surface area contributed by atoms with Gasteiger partial charge in [-0.25, -0.2) is 0 Å². The van der Waals surface area contributed by atoms with Crippen LogP contribution in [0.25, 0.3) is 0 Å². The van der Waals surface area contributed by atoms with E-state index >= 15 is 0 Å². The fourth-order valence-corrected chi connectivity index (χ4v) is 2.13. The van der Waals surface area contributed by atoms with Crippen LogP contribution in [0, 0.1) is 0 Å². The van der Waals surface area contributed by atoms with Gasteiger partial charge in [0.15, 0.2) is 11.5 Å². The molecule has 0 spiro atoms. The Bertz CT molecular complexity index is 397. The van der Waals surface area contributed by atoms with Gasteiger partial charge in [-0.2, -0.15) is 0 Å². The third-order valence-electron chi connectivity index (χ3n) is 2.71. The monoisotopic (exact) mass is 316 g/mol. The van der Waals surface area contributed by atoms with Crippen molar-refractivity contribution in [2.24, 2.45) is 0 Å². The highest BCUT2D eigenvalue weighted by atomic mass is 79.9. The molecule has 0 saturated carbocycles. The number of phenols is 1. The maximum Gasteiger partial charge on any atom is 0.162 e. The van der Waals surface area contributed by atoms with Gasteiger partial charge in [0.2, 0.25) is 0 Å². The van der Waals surface area contributed by atoms with E-state index in [0.29, 0.717) is 12.3 Å². The zero-order valence-corrected chi connectivity index (χ0v) is 13.0. The van der Waals surface area contributed by atoms with Crippen molar-refractivity contribution >= 4 is 15.9 Å². The zero-order chi connectivity index (χ0) is 13.7. The molecule has 1 aromatic rings. The average Bonchev–Trinajstić information content (AvgIpc) is 2.30. The minimum atomic E-state index is 0.220. The molecule has 0 saturated heterocycles. The predicted molar refractivity (Wildman–Crippen MR) is 77.2 cm³/mol. The number of rotatable bonds is 6. The van der Waals surface area contributed by atoms with E-state index in [-0.39, 0.29) is 5.75 Å². The number of likely N-dealkylation sites (N-methyl/N-ethyl adjacent to an activating group) is 2. The second-order valence-electron chi connectivity index (χ2n) is 4.66. The Kier molecular flexibility index (Phi) is 5.91. The van der Waals surface area contributed by atoms with Crippen molar-refractivity contribution in [2.75, 3.05) is 41.3 Å². The Hall–Kier alpha value is -0.780. The molecule has 0 unspecified atom stereocenters. The summed E-state index contributed by atoms with van der Waals surface area (Å²) < 4.78 is 6.05. The number of nitrogens with zero attached hydrogens (tertiary/aromatic N) is 2. The van der Waals surface area contributed by atoms with E-state index in [0.717, 1.165) is 23.1 Å². The second kappa shape index (κ2) is 6.97. The molecule has 0 amide bonds. The maximum absolute atomic E-state index is 10.1. The fourth-order valence-electron chi connectivity index (χ4n) is 1.65. The molecule has 0 bridgehead atoms. The van der Waals surface area contributed by atoms with Crippen molar-refractivity contribution in [1.82, 2.24) is 9.80 Å². The van der Waals surface area contributed by atoms with Crippen molar-refractivity contribution in [2.45, 2.75) is 6.54 Å². The number of phenolic OH excluding ortho intramolecular Hbond substituents is 1. The molecule has 1 aromatic carbocycles. The van der Waals surface area contributed by atoms with E-state index in [1.165, 1.54) is 0 Å². The van der Waals surface area contributed by atoms with Crippen molar-refractivity contribution < 1.29 is 9.84 Å². The zero-order valence-electron chi connectivity index (χ0n) is 11.4. The van der Waals surface area contributed by atoms with Crippen LogP contribution in [-0.4, -0.2) is 56.2 Å². The number of halogens is 1. The highest BCUT2D eigenvalue weighted by Crippen LogP contribution is 2.34. The molecule has 0 aliphatic carbocycles. The van der Waals surface area contributed by atoms with Gasteiger partial charge in [-0.3, -0.25) is 0 Å². The van der Waals surface area contributed by atoms with Gasteiger partial charge < -0.3 is 19.6 Å². The van der Waals surface area contributed by atoms with Gasteiger partial charge in [0.1, 0.15) is 0 Å². The minimum absolute atomic E-state index is 0.220. The lowest BCUT2D eigenvalue weighted by molar-refractivity contribution is 0.272. The lowest BCUT2D eigenvalue weighted by Gasteiger charge is -2.20. The number of hydrogen-bond acceptors (Lipinski definition) is 4. The molecule has 0 aliphatic rings. The lowest BCUT2D eigenvalue weighted by atomic mass is 10.1. The number of methoxy groups -OCH3 is 1. The topological polar surface area (TPSA) is 35.9 Å². The quantitative estimate of drug-likeness (QED) is 0.872. The van der Waals surface area contributed by atoms with E-state index in [1.54, 1.807) is 13.2 Å². The molecule has 0 heterocycles. The molecule has 18 heavy (non-hydrogen) atoms. The van der Waals surface area contributed by atoms with E-state index in [4.69, 9.17) is 4.74 Å². The first-order valence-corrected chi connectivity index (χ1v) is 6.62. The Labute approximate surface area is 117 Å². The van der Waals surface area contributed by atoms with Gasteiger partial charge in [-0.05, 0) is 33.3 Å².